The Labute approximate surface area is 141 Å². The lowest BCUT2D eigenvalue weighted by Crippen LogP contribution is -2.26. The summed E-state index contributed by atoms with van der Waals surface area (Å²) >= 11 is 0. The highest BCUT2D eigenvalue weighted by molar-refractivity contribution is 5.90. The van der Waals surface area contributed by atoms with E-state index in [0.29, 0.717) is 19.5 Å². The Morgan fingerprint density at radius 1 is 1.12 bits per heavy atom. The van der Waals surface area contributed by atoms with Gasteiger partial charge in [-0.05, 0) is 42.8 Å². The average Bonchev–Trinajstić information content (AvgIpc) is 3.01. The molecule has 126 valence electrons. The molecule has 2 aromatic rings. The van der Waals surface area contributed by atoms with Gasteiger partial charge >= 0.3 is 0 Å². The van der Waals surface area contributed by atoms with E-state index in [2.05, 4.69) is 10.2 Å². The summed E-state index contributed by atoms with van der Waals surface area (Å²) in [7, 11) is 0. The number of amides is 1. The Morgan fingerprint density at radius 3 is 2.50 bits per heavy atom. The van der Waals surface area contributed by atoms with Crippen LogP contribution >= 0.6 is 0 Å². The van der Waals surface area contributed by atoms with Gasteiger partial charge in [-0.25, -0.2) is 0 Å². The van der Waals surface area contributed by atoms with E-state index >= 15 is 0 Å². The van der Waals surface area contributed by atoms with Crippen molar-refractivity contribution >= 4 is 11.6 Å². The smallest absolute Gasteiger partial charge is 0.225 e. The molecule has 5 nitrogen and oxygen atoms in total. The number of aliphatic hydroxyl groups excluding tert-OH is 1. The maximum Gasteiger partial charge on any atom is 0.225 e. The molecule has 1 aliphatic rings. The van der Waals surface area contributed by atoms with Gasteiger partial charge in [0.15, 0.2) is 0 Å². The molecule has 1 heterocycles. The van der Waals surface area contributed by atoms with E-state index in [0.717, 1.165) is 30.2 Å². The monoisotopic (exact) mass is 326 g/mol. The van der Waals surface area contributed by atoms with Gasteiger partial charge in [-0.1, -0.05) is 18.2 Å². The number of carbonyl (C=O) groups excluding carboxylic acids is 1. The van der Waals surface area contributed by atoms with E-state index in [4.69, 9.17) is 4.74 Å². The summed E-state index contributed by atoms with van der Waals surface area (Å²) < 4.78 is 5.72. The molecule has 2 aromatic carbocycles. The summed E-state index contributed by atoms with van der Waals surface area (Å²) in [6.45, 7) is 2.21. The molecule has 0 saturated carbocycles. The molecule has 0 radical (unpaired) electrons. The topological polar surface area (TPSA) is 61.8 Å². The van der Waals surface area contributed by atoms with E-state index in [9.17, 15) is 9.90 Å². The van der Waals surface area contributed by atoms with Crippen molar-refractivity contribution in [2.75, 3.05) is 25.0 Å². The number of β-amino-alcohol motifs (C(OH)–C–C–N with tert-alkyl or cyclic N) is 1. The maximum absolute atomic E-state index is 12.0. The number of aliphatic hydroxyl groups is 1. The van der Waals surface area contributed by atoms with Crippen LogP contribution in [0.3, 0.4) is 0 Å². The first-order valence-electron chi connectivity index (χ1n) is 8.22. The minimum atomic E-state index is -0.245. The molecule has 24 heavy (non-hydrogen) atoms. The van der Waals surface area contributed by atoms with Gasteiger partial charge in [0.05, 0.1) is 6.10 Å². The van der Waals surface area contributed by atoms with Gasteiger partial charge in [-0.2, -0.15) is 0 Å². The number of anilines is 1. The van der Waals surface area contributed by atoms with E-state index in [-0.39, 0.29) is 12.0 Å². The van der Waals surface area contributed by atoms with Crippen LogP contribution in [0.25, 0.3) is 0 Å². The Hall–Kier alpha value is -2.37. The fourth-order valence-electron chi connectivity index (χ4n) is 2.73. The fourth-order valence-corrected chi connectivity index (χ4v) is 2.73. The number of nitrogens with zero attached hydrogens (tertiary/aromatic N) is 1. The number of hydrogen-bond acceptors (Lipinski definition) is 4. The fraction of sp³-hybridized carbons (Fsp3) is 0.316. The summed E-state index contributed by atoms with van der Waals surface area (Å²) in [4.78, 5) is 14.1. The minimum absolute atomic E-state index is 0.0203. The number of likely N-dealkylation sites (tertiary alicyclic amines) is 1. The molecule has 2 N–H and O–H groups in total. The summed E-state index contributed by atoms with van der Waals surface area (Å²) in [5.74, 6) is 1.49. The number of para-hydroxylation sites is 1. The van der Waals surface area contributed by atoms with E-state index in [1.807, 2.05) is 54.6 Å². The molecule has 0 unspecified atom stereocenters. The van der Waals surface area contributed by atoms with Gasteiger partial charge in [0.2, 0.25) is 5.91 Å². The Balaban J connectivity index is 1.46. The van der Waals surface area contributed by atoms with Crippen molar-refractivity contribution in [2.45, 2.75) is 18.9 Å². The second-order valence-corrected chi connectivity index (χ2v) is 5.98. The molecule has 0 aromatic heterocycles. The van der Waals surface area contributed by atoms with Gasteiger partial charge < -0.3 is 20.1 Å². The zero-order valence-corrected chi connectivity index (χ0v) is 13.5. The summed E-state index contributed by atoms with van der Waals surface area (Å²) in [5.41, 5.74) is 0.752. The van der Waals surface area contributed by atoms with E-state index < -0.39 is 0 Å². The third-order valence-electron chi connectivity index (χ3n) is 4.02. The molecular weight excluding hydrogens is 304 g/mol. The Bertz CT molecular complexity index is 658. The largest absolute Gasteiger partial charge is 0.457 e. The molecule has 0 spiro atoms. The first kappa shape index (κ1) is 16.5. The number of hydrogen-bond donors (Lipinski definition) is 2. The quantitative estimate of drug-likeness (QED) is 0.857. The van der Waals surface area contributed by atoms with Gasteiger partial charge in [-0.15, -0.1) is 0 Å². The average molecular weight is 326 g/mol. The minimum Gasteiger partial charge on any atom is -0.457 e. The number of rotatable bonds is 6. The van der Waals surface area contributed by atoms with Gasteiger partial charge in [0.1, 0.15) is 11.5 Å². The highest BCUT2D eigenvalue weighted by Crippen LogP contribution is 2.22. The lowest BCUT2D eigenvalue weighted by atomic mass is 10.2. The zero-order valence-electron chi connectivity index (χ0n) is 13.5. The predicted molar refractivity (Wildman–Crippen MR) is 93.3 cm³/mol. The van der Waals surface area contributed by atoms with E-state index in [1.165, 1.54) is 0 Å². The van der Waals surface area contributed by atoms with Crippen LogP contribution in [0.2, 0.25) is 0 Å². The molecule has 0 bridgehead atoms. The van der Waals surface area contributed by atoms with Gasteiger partial charge in [0, 0.05) is 31.7 Å². The van der Waals surface area contributed by atoms with Crippen LogP contribution < -0.4 is 10.1 Å². The van der Waals surface area contributed by atoms with Crippen LogP contribution in [-0.2, 0) is 4.79 Å². The summed E-state index contributed by atoms with van der Waals surface area (Å²) in [6, 6.07) is 16.9. The lowest BCUT2D eigenvalue weighted by Gasteiger charge is -2.14. The van der Waals surface area contributed by atoms with Crippen molar-refractivity contribution in [1.82, 2.24) is 4.90 Å². The van der Waals surface area contributed by atoms with Crippen molar-refractivity contribution in [1.29, 1.82) is 0 Å². The molecule has 1 amide bonds. The first-order chi connectivity index (χ1) is 11.7. The molecule has 1 saturated heterocycles. The standard InChI is InChI=1S/C19H22N2O3/c22-16-10-12-21(14-16)13-11-19(23)20-15-6-8-18(9-7-15)24-17-4-2-1-3-5-17/h1-9,16,22H,10-14H2,(H,20,23)/t16-/m0/s1. The molecule has 5 heteroatoms. The molecule has 1 atom stereocenters. The highest BCUT2D eigenvalue weighted by atomic mass is 16.5. The SMILES string of the molecule is O=C(CCN1CC[C@H](O)C1)Nc1ccc(Oc2ccccc2)cc1. The Morgan fingerprint density at radius 2 is 1.83 bits per heavy atom. The highest BCUT2D eigenvalue weighted by Gasteiger charge is 2.20. The molecule has 0 aliphatic carbocycles. The van der Waals surface area contributed by atoms with Crippen LogP contribution in [0.1, 0.15) is 12.8 Å². The molecule has 1 fully saturated rings. The summed E-state index contributed by atoms with van der Waals surface area (Å²) in [6.07, 6.45) is 0.977. The van der Waals surface area contributed by atoms with Crippen molar-refractivity contribution in [3.63, 3.8) is 0 Å². The van der Waals surface area contributed by atoms with Crippen LogP contribution in [0.4, 0.5) is 5.69 Å². The van der Waals surface area contributed by atoms with Crippen LogP contribution in [0, 0.1) is 0 Å². The van der Waals surface area contributed by atoms with Gasteiger partial charge in [0.25, 0.3) is 0 Å². The maximum atomic E-state index is 12.0. The lowest BCUT2D eigenvalue weighted by molar-refractivity contribution is -0.116. The zero-order chi connectivity index (χ0) is 16.8. The van der Waals surface area contributed by atoms with Crippen molar-refractivity contribution in [3.05, 3.63) is 54.6 Å². The second kappa shape index (κ2) is 7.95. The normalized spacial score (nSPS) is 17.6. The number of ether oxygens (including phenoxy) is 1. The van der Waals surface area contributed by atoms with Crippen molar-refractivity contribution in [2.24, 2.45) is 0 Å². The Kier molecular flexibility index (Phi) is 5.46. The van der Waals surface area contributed by atoms with Crippen LogP contribution in [0.5, 0.6) is 11.5 Å². The predicted octanol–water partition coefficient (Wildman–Crippen LogP) is 2.87. The van der Waals surface area contributed by atoms with Crippen molar-refractivity contribution < 1.29 is 14.6 Å². The van der Waals surface area contributed by atoms with Crippen molar-refractivity contribution in [3.8, 4) is 11.5 Å². The molecule has 3 rings (SSSR count). The number of carbonyl (C=O) groups is 1. The molecule has 1 aliphatic heterocycles. The third kappa shape index (κ3) is 4.81. The van der Waals surface area contributed by atoms with Crippen LogP contribution in [0.15, 0.2) is 54.6 Å². The number of nitrogens with one attached hydrogen (secondary N) is 1. The third-order valence-corrected chi connectivity index (χ3v) is 4.02. The number of benzene rings is 2. The summed E-state index contributed by atoms with van der Waals surface area (Å²) in [5, 5.41) is 12.4. The molecular formula is C19H22N2O3. The second-order valence-electron chi connectivity index (χ2n) is 5.98. The van der Waals surface area contributed by atoms with E-state index in [1.54, 1.807) is 0 Å². The first-order valence-corrected chi connectivity index (χ1v) is 8.22. The van der Waals surface area contributed by atoms with Gasteiger partial charge in [-0.3, -0.25) is 4.79 Å². The van der Waals surface area contributed by atoms with Crippen LogP contribution in [-0.4, -0.2) is 41.7 Å².